The van der Waals surface area contributed by atoms with E-state index in [1.54, 1.807) is 13.1 Å². The molecule has 1 atom stereocenters. The van der Waals surface area contributed by atoms with E-state index in [-0.39, 0.29) is 12.5 Å². The fourth-order valence-corrected chi connectivity index (χ4v) is 2.20. The molecule has 0 aliphatic heterocycles. The van der Waals surface area contributed by atoms with Gasteiger partial charge in [0.2, 0.25) is 5.91 Å². The topological polar surface area (TPSA) is 82.7 Å². The van der Waals surface area contributed by atoms with Crippen molar-refractivity contribution >= 4 is 5.91 Å². The number of nitrogens with zero attached hydrogens (tertiary/aromatic N) is 3. The zero-order chi connectivity index (χ0) is 14.6. The Balaban J connectivity index is 1.66. The standard InChI is InChI=1S/C14H21N5O/c1-11-7-17-19(9-11)6-5-16-8-13(20)18-14(2,10-15)12-3-4-12/h7,9,12,16H,3-6,8H2,1-2H3,(H,18,20). The van der Waals surface area contributed by atoms with E-state index >= 15 is 0 Å². The lowest BCUT2D eigenvalue weighted by molar-refractivity contribution is -0.121. The molecule has 1 heterocycles. The third-order valence-electron chi connectivity index (χ3n) is 3.59. The van der Waals surface area contributed by atoms with Gasteiger partial charge in [-0.2, -0.15) is 10.4 Å². The highest BCUT2D eigenvalue weighted by molar-refractivity contribution is 5.79. The van der Waals surface area contributed by atoms with E-state index in [1.807, 2.05) is 17.8 Å². The highest BCUT2D eigenvalue weighted by Crippen LogP contribution is 2.39. The van der Waals surface area contributed by atoms with Gasteiger partial charge in [0, 0.05) is 12.7 Å². The molecule has 1 fully saturated rings. The van der Waals surface area contributed by atoms with Crippen LogP contribution in [0.2, 0.25) is 0 Å². The van der Waals surface area contributed by atoms with Gasteiger partial charge in [-0.1, -0.05) is 0 Å². The number of carbonyl (C=O) groups is 1. The first-order chi connectivity index (χ1) is 9.53. The summed E-state index contributed by atoms with van der Waals surface area (Å²) in [7, 11) is 0. The van der Waals surface area contributed by atoms with Crippen molar-refractivity contribution in [3.63, 3.8) is 0 Å². The first kappa shape index (κ1) is 14.5. The molecule has 0 spiro atoms. The molecule has 1 aliphatic rings. The second-order valence-electron chi connectivity index (χ2n) is 5.59. The summed E-state index contributed by atoms with van der Waals surface area (Å²) in [6.07, 6.45) is 5.81. The van der Waals surface area contributed by atoms with Crippen molar-refractivity contribution in [2.45, 2.75) is 38.8 Å². The number of nitriles is 1. The summed E-state index contributed by atoms with van der Waals surface area (Å²) in [6, 6.07) is 2.22. The van der Waals surface area contributed by atoms with Gasteiger partial charge in [0.15, 0.2) is 0 Å². The quantitative estimate of drug-likeness (QED) is 0.713. The predicted molar refractivity (Wildman–Crippen MR) is 74.7 cm³/mol. The number of rotatable bonds is 7. The van der Waals surface area contributed by atoms with Gasteiger partial charge in [0.1, 0.15) is 5.54 Å². The molecule has 1 aromatic heterocycles. The maximum Gasteiger partial charge on any atom is 0.235 e. The lowest BCUT2D eigenvalue weighted by Crippen LogP contribution is -2.49. The van der Waals surface area contributed by atoms with Gasteiger partial charge in [0.05, 0.1) is 25.4 Å². The van der Waals surface area contributed by atoms with Crippen LogP contribution in [0.4, 0.5) is 0 Å². The minimum absolute atomic E-state index is 0.127. The van der Waals surface area contributed by atoms with E-state index in [0.717, 1.165) is 24.9 Å². The third-order valence-corrected chi connectivity index (χ3v) is 3.59. The van der Waals surface area contributed by atoms with Gasteiger partial charge in [-0.3, -0.25) is 9.48 Å². The Bertz CT molecular complexity index is 514. The smallest absolute Gasteiger partial charge is 0.235 e. The number of aromatic nitrogens is 2. The predicted octanol–water partition coefficient (Wildman–Crippen LogP) is 0.590. The first-order valence-corrected chi connectivity index (χ1v) is 6.95. The minimum atomic E-state index is -0.710. The van der Waals surface area contributed by atoms with Gasteiger partial charge >= 0.3 is 0 Å². The van der Waals surface area contributed by atoms with Crippen molar-refractivity contribution < 1.29 is 4.79 Å². The molecule has 20 heavy (non-hydrogen) atoms. The second-order valence-corrected chi connectivity index (χ2v) is 5.59. The Morgan fingerprint density at radius 3 is 2.95 bits per heavy atom. The maximum atomic E-state index is 11.8. The molecule has 0 bridgehead atoms. The molecular weight excluding hydrogens is 254 g/mol. The molecule has 1 unspecified atom stereocenters. The van der Waals surface area contributed by atoms with Gasteiger partial charge in [-0.15, -0.1) is 0 Å². The van der Waals surface area contributed by atoms with Crippen LogP contribution < -0.4 is 10.6 Å². The Morgan fingerprint density at radius 1 is 1.65 bits per heavy atom. The number of hydrogen-bond acceptors (Lipinski definition) is 4. The van der Waals surface area contributed by atoms with Crippen LogP contribution >= 0.6 is 0 Å². The summed E-state index contributed by atoms with van der Waals surface area (Å²) in [5.41, 5.74) is 0.412. The first-order valence-electron chi connectivity index (χ1n) is 6.95. The molecule has 2 N–H and O–H groups in total. The van der Waals surface area contributed by atoms with Crippen LogP contribution in [0.15, 0.2) is 12.4 Å². The van der Waals surface area contributed by atoms with Crippen molar-refractivity contribution in [2.75, 3.05) is 13.1 Å². The van der Waals surface area contributed by atoms with Crippen LogP contribution in [0.5, 0.6) is 0 Å². The van der Waals surface area contributed by atoms with E-state index in [9.17, 15) is 10.1 Å². The van der Waals surface area contributed by atoms with Crippen molar-refractivity contribution in [3.05, 3.63) is 18.0 Å². The van der Waals surface area contributed by atoms with E-state index in [0.29, 0.717) is 12.5 Å². The average Bonchev–Trinajstić information content (AvgIpc) is 3.19. The maximum absolute atomic E-state index is 11.8. The van der Waals surface area contributed by atoms with E-state index in [1.165, 1.54) is 0 Å². The molecule has 0 saturated heterocycles. The van der Waals surface area contributed by atoms with Gasteiger partial charge in [-0.05, 0) is 38.2 Å². The Labute approximate surface area is 119 Å². The lowest BCUT2D eigenvalue weighted by Gasteiger charge is -2.22. The normalized spacial score (nSPS) is 17.2. The highest BCUT2D eigenvalue weighted by atomic mass is 16.2. The van der Waals surface area contributed by atoms with Crippen LogP contribution in [0, 0.1) is 24.2 Å². The second kappa shape index (κ2) is 6.06. The number of hydrogen-bond donors (Lipinski definition) is 2. The van der Waals surface area contributed by atoms with Crippen LogP contribution in [0.25, 0.3) is 0 Å². The molecule has 1 saturated carbocycles. The van der Waals surface area contributed by atoms with Gasteiger partial charge < -0.3 is 10.6 Å². The summed E-state index contributed by atoms with van der Waals surface area (Å²) in [4.78, 5) is 11.8. The number of carbonyl (C=O) groups excluding carboxylic acids is 1. The van der Waals surface area contributed by atoms with Gasteiger partial charge in [-0.25, -0.2) is 0 Å². The minimum Gasteiger partial charge on any atom is -0.337 e. The van der Waals surface area contributed by atoms with E-state index < -0.39 is 5.54 Å². The monoisotopic (exact) mass is 275 g/mol. The molecule has 0 radical (unpaired) electrons. The van der Waals surface area contributed by atoms with Crippen molar-refractivity contribution in [1.29, 1.82) is 5.26 Å². The van der Waals surface area contributed by atoms with Crippen LogP contribution in [-0.2, 0) is 11.3 Å². The molecule has 1 amide bonds. The summed E-state index contributed by atoms with van der Waals surface area (Å²) < 4.78 is 1.84. The lowest BCUT2D eigenvalue weighted by atomic mass is 9.98. The molecule has 6 nitrogen and oxygen atoms in total. The summed E-state index contributed by atoms with van der Waals surface area (Å²) in [6.45, 7) is 5.41. The van der Waals surface area contributed by atoms with Crippen LogP contribution in [0.1, 0.15) is 25.3 Å². The van der Waals surface area contributed by atoms with Crippen LogP contribution in [0.3, 0.4) is 0 Å². The van der Waals surface area contributed by atoms with E-state index in [4.69, 9.17) is 0 Å². The molecule has 2 rings (SSSR count). The number of amides is 1. The molecule has 1 aromatic rings. The van der Waals surface area contributed by atoms with Crippen molar-refractivity contribution in [1.82, 2.24) is 20.4 Å². The SMILES string of the molecule is Cc1cnn(CCNCC(=O)NC(C)(C#N)C2CC2)c1. The fourth-order valence-electron chi connectivity index (χ4n) is 2.20. The highest BCUT2D eigenvalue weighted by Gasteiger charge is 2.42. The molecular formula is C14H21N5O. The Hall–Kier alpha value is -1.87. The Morgan fingerprint density at radius 2 is 2.40 bits per heavy atom. The average molecular weight is 275 g/mol. The third kappa shape index (κ3) is 3.81. The Kier molecular flexibility index (Phi) is 4.40. The summed E-state index contributed by atoms with van der Waals surface area (Å²) >= 11 is 0. The molecule has 6 heteroatoms. The summed E-state index contributed by atoms with van der Waals surface area (Å²) in [5.74, 6) is 0.182. The fraction of sp³-hybridized carbons (Fsp3) is 0.643. The number of aryl methyl sites for hydroxylation is 1. The molecule has 0 aromatic carbocycles. The molecule has 1 aliphatic carbocycles. The zero-order valence-electron chi connectivity index (χ0n) is 12.0. The largest absolute Gasteiger partial charge is 0.337 e. The zero-order valence-corrected chi connectivity index (χ0v) is 12.0. The summed E-state index contributed by atoms with van der Waals surface area (Å²) in [5, 5.41) is 19.2. The van der Waals surface area contributed by atoms with Crippen molar-refractivity contribution in [3.8, 4) is 6.07 Å². The van der Waals surface area contributed by atoms with Gasteiger partial charge in [0.25, 0.3) is 0 Å². The molecule has 108 valence electrons. The van der Waals surface area contributed by atoms with Crippen LogP contribution in [-0.4, -0.2) is 34.3 Å². The number of nitrogens with one attached hydrogen (secondary N) is 2. The van der Waals surface area contributed by atoms with E-state index in [2.05, 4.69) is 21.8 Å². The van der Waals surface area contributed by atoms with Crippen molar-refractivity contribution in [2.24, 2.45) is 5.92 Å².